The lowest BCUT2D eigenvalue weighted by Crippen LogP contribution is -2.13. The Bertz CT molecular complexity index is 696. The predicted molar refractivity (Wildman–Crippen MR) is 72.2 cm³/mol. The molecular weight excluding hydrogens is 226 g/mol. The molecule has 18 heavy (non-hydrogen) atoms. The molecule has 0 fully saturated rings. The van der Waals surface area contributed by atoms with Gasteiger partial charge in [0, 0.05) is 20.2 Å². The number of aromatic nitrogens is 2. The third-order valence-corrected chi connectivity index (χ3v) is 3.12. The molecule has 0 radical (unpaired) electrons. The average molecular weight is 241 g/mol. The van der Waals surface area contributed by atoms with E-state index in [1.807, 2.05) is 56.3 Å². The number of aryl methyl sites for hydroxylation is 2. The highest BCUT2D eigenvalue weighted by atomic mass is 16.4. The minimum absolute atomic E-state index is 0.797. The molecular formula is C14H15N3O. The van der Waals surface area contributed by atoms with Gasteiger partial charge in [0.25, 0.3) is 0 Å². The summed E-state index contributed by atoms with van der Waals surface area (Å²) in [5.41, 5.74) is 2.10. The number of imidazole rings is 1. The Balaban J connectivity index is 2.11. The number of furan rings is 1. The molecule has 0 aliphatic rings. The van der Waals surface area contributed by atoms with Gasteiger partial charge in [-0.15, -0.1) is 0 Å². The van der Waals surface area contributed by atoms with Gasteiger partial charge < -0.3 is 8.98 Å². The first-order valence-corrected chi connectivity index (χ1v) is 5.88. The molecule has 0 aliphatic heterocycles. The van der Waals surface area contributed by atoms with Crippen molar-refractivity contribution in [1.29, 1.82) is 0 Å². The van der Waals surface area contributed by atoms with Crippen molar-refractivity contribution in [3.8, 4) is 0 Å². The third-order valence-electron chi connectivity index (χ3n) is 3.12. The quantitative estimate of drug-likeness (QED) is 0.690. The summed E-state index contributed by atoms with van der Waals surface area (Å²) in [6, 6.07) is 12.0. The van der Waals surface area contributed by atoms with Gasteiger partial charge in [0.05, 0.1) is 11.0 Å². The number of rotatable bonds is 2. The zero-order chi connectivity index (χ0) is 12.7. The number of hydrogen-bond acceptors (Lipinski definition) is 3. The standard InChI is InChI=1S/C14H15N3O/c1-10-8-9-13(18-10)17(3)14-15-11-6-4-5-7-12(11)16(14)2/h4-9H,1-3H3. The average Bonchev–Trinajstić information content (AvgIpc) is 2.94. The molecule has 0 bridgehead atoms. The van der Waals surface area contributed by atoms with Crippen LogP contribution in [0.5, 0.6) is 0 Å². The fourth-order valence-corrected chi connectivity index (χ4v) is 2.13. The highest BCUT2D eigenvalue weighted by Crippen LogP contribution is 2.27. The number of anilines is 2. The maximum absolute atomic E-state index is 5.62. The minimum atomic E-state index is 0.797. The van der Waals surface area contributed by atoms with E-state index < -0.39 is 0 Å². The number of hydrogen-bond donors (Lipinski definition) is 0. The Morgan fingerprint density at radius 3 is 2.61 bits per heavy atom. The molecule has 1 aromatic carbocycles. The molecule has 4 heteroatoms. The third kappa shape index (κ3) is 1.57. The molecule has 0 saturated carbocycles. The van der Waals surface area contributed by atoms with Crippen LogP contribution in [0.15, 0.2) is 40.8 Å². The van der Waals surface area contributed by atoms with Gasteiger partial charge >= 0.3 is 0 Å². The van der Waals surface area contributed by atoms with Gasteiger partial charge in [-0.05, 0) is 25.1 Å². The molecule has 3 rings (SSSR count). The second kappa shape index (κ2) is 3.91. The van der Waals surface area contributed by atoms with Crippen molar-refractivity contribution in [2.45, 2.75) is 6.92 Å². The molecule has 2 heterocycles. The number of nitrogens with zero attached hydrogens (tertiary/aromatic N) is 3. The van der Waals surface area contributed by atoms with Gasteiger partial charge in [-0.3, -0.25) is 4.90 Å². The lowest BCUT2D eigenvalue weighted by Gasteiger charge is -2.14. The predicted octanol–water partition coefficient (Wildman–Crippen LogP) is 3.24. The van der Waals surface area contributed by atoms with Gasteiger partial charge in [-0.1, -0.05) is 12.1 Å². The SMILES string of the molecule is Cc1ccc(N(C)c2nc3ccccc3n2C)o1. The fourth-order valence-electron chi connectivity index (χ4n) is 2.13. The molecule has 0 aliphatic carbocycles. The zero-order valence-electron chi connectivity index (χ0n) is 10.7. The largest absolute Gasteiger partial charge is 0.445 e. The Hall–Kier alpha value is -2.23. The van der Waals surface area contributed by atoms with Crippen molar-refractivity contribution < 1.29 is 4.42 Å². The second-order valence-electron chi connectivity index (χ2n) is 4.40. The molecule has 0 saturated heterocycles. The van der Waals surface area contributed by atoms with Gasteiger partial charge in [-0.2, -0.15) is 0 Å². The van der Waals surface area contributed by atoms with Crippen LogP contribution in [0.4, 0.5) is 11.8 Å². The van der Waals surface area contributed by atoms with Crippen LogP contribution in [0.25, 0.3) is 11.0 Å². The topological polar surface area (TPSA) is 34.2 Å². The minimum Gasteiger partial charge on any atom is -0.445 e. The summed E-state index contributed by atoms with van der Waals surface area (Å²) < 4.78 is 7.69. The first-order chi connectivity index (χ1) is 8.66. The molecule has 0 unspecified atom stereocenters. The summed E-state index contributed by atoms with van der Waals surface area (Å²) in [6.45, 7) is 1.94. The Morgan fingerprint density at radius 2 is 1.94 bits per heavy atom. The van der Waals surface area contributed by atoms with Crippen LogP contribution in [0.1, 0.15) is 5.76 Å². The van der Waals surface area contributed by atoms with Crippen molar-refractivity contribution in [1.82, 2.24) is 9.55 Å². The monoisotopic (exact) mass is 241 g/mol. The van der Waals surface area contributed by atoms with E-state index in [0.29, 0.717) is 0 Å². The van der Waals surface area contributed by atoms with Gasteiger partial charge in [-0.25, -0.2) is 4.98 Å². The van der Waals surface area contributed by atoms with E-state index in [-0.39, 0.29) is 0 Å². The molecule has 92 valence electrons. The van der Waals surface area contributed by atoms with Crippen LogP contribution in [0, 0.1) is 6.92 Å². The summed E-state index contributed by atoms with van der Waals surface area (Å²) in [4.78, 5) is 6.58. The van der Waals surface area contributed by atoms with Crippen molar-refractivity contribution in [3.63, 3.8) is 0 Å². The number of para-hydroxylation sites is 2. The summed E-state index contributed by atoms with van der Waals surface area (Å²) in [6.07, 6.45) is 0. The summed E-state index contributed by atoms with van der Waals surface area (Å²) >= 11 is 0. The van der Waals surface area contributed by atoms with Crippen molar-refractivity contribution >= 4 is 22.9 Å². The van der Waals surface area contributed by atoms with Crippen LogP contribution in [-0.4, -0.2) is 16.6 Å². The molecule has 4 nitrogen and oxygen atoms in total. The van der Waals surface area contributed by atoms with Crippen LogP contribution >= 0.6 is 0 Å². The van der Waals surface area contributed by atoms with Gasteiger partial charge in [0.15, 0.2) is 0 Å². The Labute approximate surface area is 105 Å². The smallest absolute Gasteiger partial charge is 0.212 e. The van der Waals surface area contributed by atoms with E-state index in [9.17, 15) is 0 Å². The maximum atomic E-state index is 5.62. The van der Waals surface area contributed by atoms with Crippen LogP contribution in [0.2, 0.25) is 0 Å². The van der Waals surface area contributed by atoms with Crippen LogP contribution < -0.4 is 4.90 Å². The molecule has 0 spiro atoms. The van der Waals surface area contributed by atoms with Crippen LogP contribution in [-0.2, 0) is 7.05 Å². The Kier molecular flexibility index (Phi) is 2.37. The second-order valence-corrected chi connectivity index (χ2v) is 4.40. The number of fused-ring (bicyclic) bond motifs is 1. The molecule has 0 N–H and O–H groups in total. The van der Waals surface area contributed by atoms with Crippen molar-refractivity contribution in [3.05, 3.63) is 42.2 Å². The summed E-state index contributed by atoms with van der Waals surface area (Å²) in [5.74, 6) is 2.56. The van der Waals surface area contributed by atoms with E-state index in [1.165, 1.54) is 0 Å². The lowest BCUT2D eigenvalue weighted by atomic mass is 10.3. The lowest BCUT2D eigenvalue weighted by molar-refractivity contribution is 0.535. The normalized spacial score (nSPS) is 11.1. The van der Waals surface area contributed by atoms with E-state index >= 15 is 0 Å². The van der Waals surface area contributed by atoms with E-state index in [1.54, 1.807) is 0 Å². The maximum Gasteiger partial charge on any atom is 0.212 e. The zero-order valence-corrected chi connectivity index (χ0v) is 10.7. The molecule has 2 aromatic heterocycles. The highest BCUT2D eigenvalue weighted by Gasteiger charge is 2.14. The highest BCUT2D eigenvalue weighted by molar-refractivity contribution is 5.79. The first kappa shape index (κ1) is 10.9. The van der Waals surface area contributed by atoms with E-state index in [2.05, 4.69) is 15.6 Å². The molecule has 0 atom stereocenters. The van der Waals surface area contributed by atoms with Crippen molar-refractivity contribution in [2.75, 3.05) is 11.9 Å². The first-order valence-electron chi connectivity index (χ1n) is 5.88. The Morgan fingerprint density at radius 1 is 1.17 bits per heavy atom. The summed E-state index contributed by atoms with van der Waals surface area (Å²) in [5, 5.41) is 0. The summed E-state index contributed by atoms with van der Waals surface area (Å²) in [7, 11) is 3.97. The fraction of sp³-hybridized carbons (Fsp3) is 0.214. The number of benzene rings is 1. The van der Waals surface area contributed by atoms with E-state index in [0.717, 1.165) is 28.6 Å². The van der Waals surface area contributed by atoms with Gasteiger partial charge in [0.1, 0.15) is 5.76 Å². The molecule has 0 amide bonds. The van der Waals surface area contributed by atoms with Gasteiger partial charge in [0.2, 0.25) is 11.8 Å². The van der Waals surface area contributed by atoms with Crippen molar-refractivity contribution in [2.24, 2.45) is 7.05 Å². The van der Waals surface area contributed by atoms with E-state index in [4.69, 9.17) is 4.42 Å². The molecule has 3 aromatic rings. The van der Waals surface area contributed by atoms with Crippen LogP contribution in [0.3, 0.4) is 0 Å².